The van der Waals surface area contributed by atoms with Crippen molar-refractivity contribution in [3.63, 3.8) is 0 Å². The number of carbonyl (C=O) groups excluding carboxylic acids is 2. The van der Waals surface area contributed by atoms with Crippen LogP contribution in [0.25, 0.3) is 0 Å². The highest BCUT2D eigenvalue weighted by molar-refractivity contribution is 5.94. The first-order chi connectivity index (χ1) is 9.67. The number of hydrogen-bond donors (Lipinski definition) is 0. The molecule has 1 aromatic rings. The molecule has 1 saturated heterocycles. The maximum atomic E-state index is 11.9. The van der Waals surface area contributed by atoms with Crippen molar-refractivity contribution >= 4 is 11.9 Å². The maximum Gasteiger partial charge on any atom is 0.348 e. The van der Waals surface area contributed by atoms with E-state index >= 15 is 0 Å². The van der Waals surface area contributed by atoms with Crippen molar-refractivity contribution in [1.82, 2.24) is 0 Å². The Balaban J connectivity index is 1.71. The van der Waals surface area contributed by atoms with E-state index in [0.717, 1.165) is 12.8 Å². The minimum Gasteiger partial charge on any atom is -0.466 e. The summed E-state index contributed by atoms with van der Waals surface area (Å²) < 4.78 is 9.74. The first-order valence-corrected chi connectivity index (χ1v) is 7.01. The Hall–Kier alpha value is -1.84. The number of esters is 2. The molecule has 4 nitrogen and oxygen atoms in total. The zero-order chi connectivity index (χ0) is 14.2. The molecule has 0 aromatic heterocycles. The van der Waals surface area contributed by atoms with Crippen molar-refractivity contribution < 1.29 is 19.1 Å². The van der Waals surface area contributed by atoms with Crippen molar-refractivity contribution in [2.75, 3.05) is 7.11 Å². The normalized spacial score (nSPS) is 32.4. The number of carbonyl (C=O) groups is 2. The molecule has 2 fully saturated rings. The van der Waals surface area contributed by atoms with Gasteiger partial charge < -0.3 is 9.47 Å². The molecule has 0 radical (unpaired) electrons. The molecule has 1 heterocycles. The Morgan fingerprint density at radius 2 is 1.90 bits per heavy atom. The molecule has 106 valence electrons. The standard InChI is InChI=1S/C16H18O4/c1-19-14(17)13-16(15(18)20-13)9-7-12(8-10-16)11-5-3-2-4-6-11/h2-6,12-13H,7-10H2,1H3. The number of methoxy groups -OCH3 is 1. The predicted molar refractivity (Wildman–Crippen MR) is 72.0 cm³/mol. The fraction of sp³-hybridized carbons (Fsp3) is 0.500. The topological polar surface area (TPSA) is 52.6 Å². The van der Waals surface area contributed by atoms with E-state index in [4.69, 9.17) is 9.47 Å². The van der Waals surface area contributed by atoms with Crippen LogP contribution in [0.1, 0.15) is 37.2 Å². The molecule has 1 atom stereocenters. The molecule has 0 amide bonds. The Kier molecular flexibility index (Phi) is 3.24. The molecule has 1 spiro atoms. The summed E-state index contributed by atoms with van der Waals surface area (Å²) in [5.41, 5.74) is 0.683. The summed E-state index contributed by atoms with van der Waals surface area (Å²) in [7, 11) is 1.33. The lowest BCUT2D eigenvalue weighted by molar-refractivity contribution is -0.221. The predicted octanol–water partition coefficient (Wildman–Crippen LogP) is 2.43. The third-order valence-electron chi connectivity index (χ3n) is 4.70. The summed E-state index contributed by atoms with van der Waals surface area (Å²) in [5.74, 6) is -0.198. The van der Waals surface area contributed by atoms with Crippen LogP contribution in [-0.4, -0.2) is 25.2 Å². The van der Waals surface area contributed by atoms with Gasteiger partial charge in [-0.15, -0.1) is 0 Å². The van der Waals surface area contributed by atoms with Crippen LogP contribution in [0.15, 0.2) is 30.3 Å². The van der Waals surface area contributed by atoms with E-state index in [1.54, 1.807) is 0 Å². The molecule has 1 saturated carbocycles. The van der Waals surface area contributed by atoms with Crippen LogP contribution >= 0.6 is 0 Å². The van der Waals surface area contributed by atoms with E-state index in [1.807, 2.05) is 18.2 Å². The third kappa shape index (κ3) is 1.90. The summed E-state index contributed by atoms with van der Waals surface area (Å²) in [4.78, 5) is 23.5. The van der Waals surface area contributed by atoms with Crippen molar-refractivity contribution in [2.24, 2.45) is 5.41 Å². The highest BCUT2D eigenvalue weighted by atomic mass is 16.6. The number of cyclic esters (lactones) is 1. The van der Waals surface area contributed by atoms with Crippen LogP contribution in [0.2, 0.25) is 0 Å². The number of ether oxygens (including phenoxy) is 2. The van der Waals surface area contributed by atoms with Crippen LogP contribution in [0.4, 0.5) is 0 Å². The second-order valence-corrected chi connectivity index (χ2v) is 5.65. The molecule has 1 unspecified atom stereocenters. The van der Waals surface area contributed by atoms with Crippen molar-refractivity contribution in [2.45, 2.75) is 37.7 Å². The molecule has 20 heavy (non-hydrogen) atoms. The lowest BCUT2D eigenvalue weighted by Crippen LogP contribution is -2.61. The molecule has 0 bridgehead atoms. The van der Waals surface area contributed by atoms with E-state index in [2.05, 4.69) is 12.1 Å². The highest BCUT2D eigenvalue weighted by Crippen LogP contribution is 2.52. The zero-order valence-corrected chi connectivity index (χ0v) is 11.5. The second-order valence-electron chi connectivity index (χ2n) is 5.65. The first kappa shape index (κ1) is 13.2. The van der Waals surface area contributed by atoms with Gasteiger partial charge in [-0.2, -0.15) is 0 Å². The van der Waals surface area contributed by atoms with E-state index in [1.165, 1.54) is 12.7 Å². The Morgan fingerprint density at radius 3 is 2.45 bits per heavy atom. The average molecular weight is 274 g/mol. The van der Waals surface area contributed by atoms with Gasteiger partial charge in [-0.1, -0.05) is 30.3 Å². The Bertz CT molecular complexity index is 515. The second kappa shape index (κ2) is 4.93. The minimum atomic E-state index is -0.697. The largest absolute Gasteiger partial charge is 0.466 e. The van der Waals surface area contributed by atoms with Gasteiger partial charge in [0.15, 0.2) is 0 Å². The average Bonchev–Trinajstić information content (AvgIpc) is 2.52. The van der Waals surface area contributed by atoms with Crippen molar-refractivity contribution in [3.05, 3.63) is 35.9 Å². The SMILES string of the molecule is COC(=O)C1OC(=O)C12CCC(c1ccccc1)CC2. The minimum absolute atomic E-state index is 0.237. The molecule has 1 aliphatic heterocycles. The Labute approximate surface area is 118 Å². The monoisotopic (exact) mass is 274 g/mol. The molecule has 4 heteroatoms. The lowest BCUT2D eigenvalue weighted by Gasteiger charge is -2.48. The van der Waals surface area contributed by atoms with Crippen LogP contribution in [0, 0.1) is 5.41 Å². The molecular formula is C16H18O4. The van der Waals surface area contributed by atoms with Gasteiger partial charge in [0, 0.05) is 0 Å². The fourth-order valence-electron chi connectivity index (χ4n) is 3.42. The number of benzene rings is 1. The molecule has 0 N–H and O–H groups in total. The van der Waals surface area contributed by atoms with Crippen molar-refractivity contribution in [3.8, 4) is 0 Å². The van der Waals surface area contributed by atoms with Crippen LogP contribution in [0.5, 0.6) is 0 Å². The highest BCUT2D eigenvalue weighted by Gasteiger charge is 2.62. The maximum absolute atomic E-state index is 11.9. The van der Waals surface area contributed by atoms with Gasteiger partial charge in [0.1, 0.15) is 5.41 Å². The lowest BCUT2D eigenvalue weighted by atomic mass is 9.63. The molecule has 3 rings (SSSR count). The smallest absolute Gasteiger partial charge is 0.348 e. The van der Waals surface area contributed by atoms with Crippen LogP contribution in [-0.2, 0) is 19.1 Å². The molecule has 2 aliphatic rings. The first-order valence-electron chi connectivity index (χ1n) is 7.01. The van der Waals surface area contributed by atoms with Gasteiger partial charge in [-0.3, -0.25) is 4.79 Å². The van der Waals surface area contributed by atoms with E-state index in [9.17, 15) is 9.59 Å². The van der Waals surface area contributed by atoms with Crippen LogP contribution in [0.3, 0.4) is 0 Å². The van der Waals surface area contributed by atoms with Gasteiger partial charge in [0.25, 0.3) is 0 Å². The molecule has 1 aromatic carbocycles. The number of rotatable bonds is 2. The summed E-state index contributed by atoms with van der Waals surface area (Å²) in [6, 6.07) is 10.3. The Morgan fingerprint density at radius 1 is 1.25 bits per heavy atom. The zero-order valence-electron chi connectivity index (χ0n) is 11.5. The van der Waals surface area contributed by atoms with Gasteiger partial charge in [0.05, 0.1) is 7.11 Å². The quantitative estimate of drug-likeness (QED) is 0.777. The van der Waals surface area contributed by atoms with E-state index in [0.29, 0.717) is 18.8 Å². The van der Waals surface area contributed by atoms with E-state index in [-0.39, 0.29) is 5.97 Å². The van der Waals surface area contributed by atoms with Crippen LogP contribution < -0.4 is 0 Å². The van der Waals surface area contributed by atoms with Gasteiger partial charge in [-0.05, 0) is 37.2 Å². The summed E-state index contributed by atoms with van der Waals surface area (Å²) >= 11 is 0. The third-order valence-corrected chi connectivity index (χ3v) is 4.70. The summed E-state index contributed by atoms with van der Waals surface area (Å²) in [6.45, 7) is 0. The van der Waals surface area contributed by atoms with Gasteiger partial charge >= 0.3 is 11.9 Å². The molecular weight excluding hydrogens is 256 g/mol. The van der Waals surface area contributed by atoms with Gasteiger partial charge in [0.2, 0.25) is 6.10 Å². The molecule has 1 aliphatic carbocycles. The van der Waals surface area contributed by atoms with E-state index < -0.39 is 17.5 Å². The van der Waals surface area contributed by atoms with Crippen molar-refractivity contribution in [1.29, 1.82) is 0 Å². The summed E-state index contributed by atoms with van der Waals surface area (Å²) in [6.07, 6.45) is 2.52. The number of hydrogen-bond acceptors (Lipinski definition) is 4. The summed E-state index contributed by atoms with van der Waals surface area (Å²) in [5, 5.41) is 0. The fourth-order valence-corrected chi connectivity index (χ4v) is 3.42. The van der Waals surface area contributed by atoms with Gasteiger partial charge in [-0.25, -0.2) is 4.79 Å².